The summed E-state index contributed by atoms with van der Waals surface area (Å²) >= 11 is 1.61. The molecule has 2 aromatic rings. The van der Waals surface area contributed by atoms with Gasteiger partial charge in [0.1, 0.15) is 0 Å². The van der Waals surface area contributed by atoms with E-state index in [4.69, 9.17) is 15.6 Å². The molecule has 0 bridgehead atoms. The molecule has 39 heavy (non-hydrogen) atoms. The van der Waals surface area contributed by atoms with Gasteiger partial charge >= 0.3 is 12.1 Å². The fraction of sp³-hybridized carbons (Fsp3) is 0.464. The van der Waals surface area contributed by atoms with Gasteiger partial charge in [-0.3, -0.25) is 9.59 Å². The number of nitrogens with zero attached hydrogens (tertiary/aromatic N) is 1. The second-order valence-corrected chi connectivity index (χ2v) is 10.8. The number of carbonyl (C=O) groups excluding carboxylic acids is 2. The van der Waals surface area contributed by atoms with Crippen LogP contribution in [0.2, 0.25) is 0 Å². The molecule has 4 rings (SSSR count). The Morgan fingerprint density at radius 3 is 2.46 bits per heavy atom. The molecule has 4 N–H and O–H groups in total. The summed E-state index contributed by atoms with van der Waals surface area (Å²) in [5.74, 6) is -2.36. The zero-order chi connectivity index (χ0) is 28.4. The number of fused-ring (bicyclic) bond motifs is 1. The number of anilines is 1. The number of carbonyl (C=O) groups is 3. The average molecular weight is 566 g/mol. The van der Waals surface area contributed by atoms with Crippen LogP contribution >= 0.6 is 11.3 Å². The highest BCUT2D eigenvalue weighted by Gasteiger charge is 2.38. The zero-order valence-corrected chi connectivity index (χ0v) is 22.3. The third-order valence-electron chi connectivity index (χ3n) is 6.84. The minimum absolute atomic E-state index is 0.0271. The van der Waals surface area contributed by atoms with E-state index in [1.807, 2.05) is 46.7 Å². The topological polar surface area (TPSA) is 113 Å². The second-order valence-electron chi connectivity index (χ2n) is 9.78. The molecule has 212 valence electrons. The van der Waals surface area contributed by atoms with Gasteiger partial charge in [-0.1, -0.05) is 62.4 Å². The number of amides is 2. The molecule has 2 heterocycles. The summed E-state index contributed by atoms with van der Waals surface area (Å²) < 4.78 is 31.7. The fourth-order valence-electron chi connectivity index (χ4n) is 4.85. The van der Waals surface area contributed by atoms with Crippen LogP contribution in [0.1, 0.15) is 49.0 Å². The monoisotopic (exact) mass is 565 g/mol. The van der Waals surface area contributed by atoms with E-state index in [0.29, 0.717) is 18.9 Å². The Morgan fingerprint density at radius 2 is 1.82 bits per heavy atom. The number of rotatable bonds is 8. The Kier molecular flexibility index (Phi) is 11.1. The van der Waals surface area contributed by atoms with Gasteiger partial charge in [0, 0.05) is 35.6 Å². The number of carboxylic acid groups (broad SMARTS) is 1. The zero-order valence-electron chi connectivity index (χ0n) is 21.5. The Bertz CT molecular complexity index is 1130. The Balaban J connectivity index is 0.000000532. The Hall–Kier alpha value is -3.18. The molecule has 0 radical (unpaired) electrons. The van der Waals surface area contributed by atoms with E-state index in [9.17, 15) is 22.8 Å². The van der Waals surface area contributed by atoms with Crippen molar-refractivity contribution in [3.63, 3.8) is 0 Å². The van der Waals surface area contributed by atoms with E-state index in [2.05, 4.69) is 11.4 Å². The predicted octanol–water partition coefficient (Wildman–Crippen LogP) is 4.85. The van der Waals surface area contributed by atoms with Crippen molar-refractivity contribution in [2.24, 2.45) is 11.7 Å². The first-order valence-electron chi connectivity index (χ1n) is 13.0. The summed E-state index contributed by atoms with van der Waals surface area (Å²) in [6.07, 6.45) is 6.88. The number of aliphatic carboxylic acids is 1. The number of hydrogen-bond acceptors (Lipinski definition) is 5. The number of hydrogen-bond donors (Lipinski definition) is 3. The predicted molar refractivity (Wildman–Crippen MR) is 144 cm³/mol. The number of halogens is 3. The lowest BCUT2D eigenvalue weighted by Crippen LogP contribution is -2.46. The maximum Gasteiger partial charge on any atom is 0.490 e. The van der Waals surface area contributed by atoms with Gasteiger partial charge in [0.05, 0.1) is 6.04 Å². The van der Waals surface area contributed by atoms with Crippen LogP contribution in [0.25, 0.3) is 0 Å². The molecule has 2 atom stereocenters. The van der Waals surface area contributed by atoms with Crippen LogP contribution in [0.15, 0.2) is 53.9 Å². The Morgan fingerprint density at radius 1 is 1.13 bits per heavy atom. The molecule has 2 amide bonds. The van der Waals surface area contributed by atoms with Crippen molar-refractivity contribution in [3.8, 4) is 0 Å². The van der Waals surface area contributed by atoms with Crippen LogP contribution in [-0.2, 0) is 27.2 Å². The SMILES string of the molecule is N[C@@H](Cc1cccs1)C(=O)N[C@H](/C=C/C(=O)N1CCc2ccccc21)CC1CCCCC1.O=C(O)C(F)(F)F. The van der Waals surface area contributed by atoms with E-state index < -0.39 is 18.2 Å². The molecular weight excluding hydrogens is 531 g/mol. The van der Waals surface area contributed by atoms with E-state index >= 15 is 0 Å². The lowest BCUT2D eigenvalue weighted by atomic mass is 9.84. The van der Waals surface area contributed by atoms with Gasteiger partial charge in [0.15, 0.2) is 0 Å². The van der Waals surface area contributed by atoms with E-state index in [1.54, 1.807) is 17.4 Å². The minimum atomic E-state index is -5.08. The van der Waals surface area contributed by atoms with E-state index in [0.717, 1.165) is 23.4 Å². The number of alkyl halides is 3. The van der Waals surface area contributed by atoms with Crippen molar-refractivity contribution >= 4 is 34.8 Å². The standard InChI is InChI=1S/C26H33N3O2S.C2HF3O2/c27-23(18-22-10-6-16-32-22)26(31)28-21(17-19-7-2-1-3-8-19)12-13-25(30)29-15-14-20-9-4-5-11-24(20)29;3-2(4,5)1(6)7/h4-6,9-13,16,19,21,23H,1-3,7-8,14-15,17-18,27H2,(H,28,31);(H,6,7)/b13-12+;/t21-,23+;/m1./s1. The van der Waals surface area contributed by atoms with Crippen molar-refractivity contribution in [1.29, 1.82) is 0 Å². The highest BCUT2D eigenvalue weighted by molar-refractivity contribution is 7.09. The first kappa shape index (κ1) is 30.4. The largest absolute Gasteiger partial charge is 0.490 e. The molecular formula is C28H34F3N3O4S. The van der Waals surface area contributed by atoms with Crippen molar-refractivity contribution < 1.29 is 32.7 Å². The van der Waals surface area contributed by atoms with Crippen molar-refractivity contribution in [2.75, 3.05) is 11.4 Å². The quantitative estimate of drug-likeness (QED) is 0.396. The van der Waals surface area contributed by atoms with Gasteiger partial charge in [0.2, 0.25) is 5.91 Å². The van der Waals surface area contributed by atoms with Crippen molar-refractivity contribution in [3.05, 3.63) is 64.4 Å². The molecule has 1 aliphatic carbocycles. The number of benzene rings is 1. The van der Waals surface area contributed by atoms with E-state index in [-0.39, 0.29) is 17.9 Å². The van der Waals surface area contributed by atoms with Gasteiger partial charge in [0.25, 0.3) is 5.91 Å². The summed E-state index contributed by atoms with van der Waals surface area (Å²) in [6, 6.07) is 11.3. The Labute approximate surface area is 229 Å². The summed E-state index contributed by atoms with van der Waals surface area (Å²) in [5, 5.41) is 12.2. The van der Waals surface area contributed by atoms with Gasteiger partial charge in [-0.25, -0.2) is 4.79 Å². The van der Waals surface area contributed by atoms with E-state index in [1.165, 1.54) is 37.7 Å². The first-order valence-corrected chi connectivity index (χ1v) is 13.9. The molecule has 1 saturated carbocycles. The molecule has 7 nitrogen and oxygen atoms in total. The number of para-hydroxylation sites is 1. The molecule has 0 saturated heterocycles. The number of carboxylic acids is 1. The molecule has 1 aliphatic heterocycles. The molecule has 2 aliphatic rings. The average Bonchev–Trinajstić information content (AvgIpc) is 3.57. The normalized spacial score (nSPS) is 17.2. The lowest BCUT2D eigenvalue weighted by molar-refractivity contribution is -0.192. The summed E-state index contributed by atoms with van der Waals surface area (Å²) in [7, 11) is 0. The molecule has 1 aromatic carbocycles. The highest BCUT2D eigenvalue weighted by Crippen LogP contribution is 2.29. The second kappa shape index (κ2) is 14.3. The van der Waals surface area contributed by atoms with Crippen LogP contribution in [0.3, 0.4) is 0 Å². The minimum Gasteiger partial charge on any atom is -0.475 e. The summed E-state index contributed by atoms with van der Waals surface area (Å²) in [6.45, 7) is 0.702. The van der Waals surface area contributed by atoms with Gasteiger partial charge in [-0.15, -0.1) is 11.3 Å². The molecule has 11 heteroatoms. The number of thiophene rings is 1. The maximum absolute atomic E-state index is 12.9. The van der Waals surface area contributed by atoms with Crippen molar-refractivity contribution in [2.45, 2.75) is 69.6 Å². The van der Waals surface area contributed by atoms with Crippen molar-refractivity contribution in [1.82, 2.24) is 5.32 Å². The third kappa shape index (κ3) is 9.50. The van der Waals surface area contributed by atoms with Crippen LogP contribution in [0, 0.1) is 5.92 Å². The third-order valence-corrected chi connectivity index (χ3v) is 7.74. The first-order chi connectivity index (χ1) is 18.5. The maximum atomic E-state index is 12.9. The smallest absolute Gasteiger partial charge is 0.475 e. The van der Waals surface area contributed by atoms with Crippen LogP contribution in [0.5, 0.6) is 0 Å². The molecule has 1 aromatic heterocycles. The molecule has 1 fully saturated rings. The van der Waals surface area contributed by atoms with Crippen LogP contribution in [-0.4, -0.2) is 47.7 Å². The van der Waals surface area contributed by atoms with Crippen LogP contribution in [0.4, 0.5) is 18.9 Å². The van der Waals surface area contributed by atoms with Gasteiger partial charge in [-0.2, -0.15) is 13.2 Å². The van der Waals surface area contributed by atoms with Gasteiger partial charge < -0.3 is 21.1 Å². The highest BCUT2D eigenvalue weighted by atomic mass is 32.1. The molecule has 0 unspecified atom stereocenters. The number of nitrogens with one attached hydrogen (secondary N) is 1. The summed E-state index contributed by atoms with van der Waals surface area (Å²) in [4.78, 5) is 37.6. The summed E-state index contributed by atoms with van der Waals surface area (Å²) in [5.41, 5.74) is 8.40. The fourth-order valence-corrected chi connectivity index (χ4v) is 5.62. The number of nitrogens with two attached hydrogens (primary N) is 1. The van der Waals surface area contributed by atoms with Crippen LogP contribution < -0.4 is 16.0 Å². The lowest BCUT2D eigenvalue weighted by Gasteiger charge is -2.26. The van der Waals surface area contributed by atoms with Gasteiger partial charge in [-0.05, 0) is 41.8 Å². The molecule has 0 spiro atoms.